The van der Waals surface area contributed by atoms with Crippen LogP contribution in [0.25, 0.3) is 12.2 Å². The van der Waals surface area contributed by atoms with Crippen LogP contribution in [0.4, 0.5) is 5.69 Å². The van der Waals surface area contributed by atoms with E-state index in [1.807, 2.05) is 37.2 Å². The maximum absolute atomic E-state index is 12.0. The van der Waals surface area contributed by atoms with Crippen molar-refractivity contribution in [2.24, 2.45) is 0 Å². The normalized spacial score (nSPS) is 11.3. The highest BCUT2D eigenvalue weighted by Gasteiger charge is 2.06. The van der Waals surface area contributed by atoms with Crippen molar-refractivity contribution in [1.29, 1.82) is 0 Å². The molecule has 0 aromatic heterocycles. The van der Waals surface area contributed by atoms with Crippen molar-refractivity contribution < 1.29 is 14.7 Å². The maximum atomic E-state index is 12.0. The van der Waals surface area contributed by atoms with Crippen LogP contribution < -0.4 is 4.90 Å². The summed E-state index contributed by atoms with van der Waals surface area (Å²) in [6, 6.07) is 10.3. The summed E-state index contributed by atoms with van der Waals surface area (Å²) in [5, 5.41) is 10.0. The molecule has 0 aliphatic heterocycles. The molecule has 0 bridgehead atoms. The van der Waals surface area contributed by atoms with E-state index >= 15 is 0 Å². The number of rotatable bonds is 7. The van der Waals surface area contributed by atoms with Crippen LogP contribution in [0.3, 0.4) is 0 Å². The Bertz CT molecular complexity index is 920. The van der Waals surface area contributed by atoms with Crippen LogP contribution in [-0.4, -0.2) is 30.8 Å². The quantitative estimate of drug-likeness (QED) is 0.471. The van der Waals surface area contributed by atoms with Crippen molar-refractivity contribution in [3.8, 4) is 5.75 Å². The number of halogens is 2. The largest absolute Gasteiger partial charge is 0.508 e. The smallest absolute Gasteiger partial charge is 0.163 e. The van der Waals surface area contributed by atoms with Crippen molar-refractivity contribution in [3.63, 3.8) is 0 Å². The molecule has 0 saturated carbocycles. The highest BCUT2D eigenvalue weighted by molar-refractivity contribution is 9.10. The molecule has 1 N–H and O–H groups in total. The van der Waals surface area contributed by atoms with Crippen LogP contribution in [0.15, 0.2) is 53.0 Å². The lowest BCUT2D eigenvalue weighted by Gasteiger charge is -2.13. The van der Waals surface area contributed by atoms with Crippen LogP contribution in [0.5, 0.6) is 5.75 Å². The Kier molecular flexibility index (Phi) is 7.39. The topological polar surface area (TPSA) is 57.6 Å². The molecule has 4 nitrogen and oxygen atoms in total. The summed E-state index contributed by atoms with van der Waals surface area (Å²) in [4.78, 5) is 25.9. The lowest BCUT2D eigenvalue weighted by molar-refractivity contribution is -0.121. The summed E-state index contributed by atoms with van der Waals surface area (Å²) in [6.45, 7) is 0. The Morgan fingerprint density at radius 1 is 1.04 bits per heavy atom. The van der Waals surface area contributed by atoms with Gasteiger partial charge in [-0.3, -0.25) is 9.59 Å². The highest BCUT2D eigenvalue weighted by Crippen LogP contribution is 2.24. The fourth-order valence-electron chi connectivity index (χ4n) is 2.24. The summed E-state index contributed by atoms with van der Waals surface area (Å²) in [5.41, 5.74) is 2.32. The number of ketones is 2. The van der Waals surface area contributed by atoms with Gasteiger partial charge in [0.05, 0.1) is 6.42 Å². The monoisotopic (exact) mass is 447 g/mol. The zero-order valence-corrected chi connectivity index (χ0v) is 17.3. The first-order valence-electron chi connectivity index (χ1n) is 8.13. The number of hydrogen-bond acceptors (Lipinski definition) is 4. The van der Waals surface area contributed by atoms with E-state index in [1.165, 1.54) is 24.3 Å². The molecule has 0 fully saturated rings. The van der Waals surface area contributed by atoms with Gasteiger partial charge in [0.2, 0.25) is 0 Å². The van der Waals surface area contributed by atoms with E-state index in [9.17, 15) is 14.7 Å². The Labute approximate surface area is 171 Å². The Morgan fingerprint density at radius 3 is 2.26 bits per heavy atom. The molecule has 0 saturated heterocycles. The fourth-order valence-corrected chi connectivity index (χ4v) is 2.86. The van der Waals surface area contributed by atoms with E-state index in [-0.39, 0.29) is 23.7 Å². The first-order chi connectivity index (χ1) is 12.8. The van der Waals surface area contributed by atoms with Crippen LogP contribution in [0.2, 0.25) is 5.02 Å². The molecule has 0 unspecified atom stereocenters. The van der Waals surface area contributed by atoms with Crippen molar-refractivity contribution in [2.75, 3.05) is 19.0 Å². The molecular formula is C21H19BrClNO3. The van der Waals surface area contributed by atoms with Crippen LogP contribution in [-0.2, 0) is 9.59 Å². The van der Waals surface area contributed by atoms with E-state index in [4.69, 9.17) is 11.6 Å². The van der Waals surface area contributed by atoms with Crippen LogP contribution in [0.1, 0.15) is 17.5 Å². The van der Waals surface area contributed by atoms with E-state index in [0.29, 0.717) is 16.1 Å². The van der Waals surface area contributed by atoms with E-state index in [0.717, 1.165) is 10.2 Å². The number of hydrogen-bond donors (Lipinski definition) is 1. The molecule has 0 atom stereocenters. The van der Waals surface area contributed by atoms with Gasteiger partial charge in [0.15, 0.2) is 11.6 Å². The predicted molar refractivity (Wildman–Crippen MR) is 114 cm³/mol. The molecule has 0 amide bonds. The second-order valence-corrected chi connectivity index (χ2v) is 7.34. The number of aromatic hydroxyl groups is 1. The van der Waals surface area contributed by atoms with Gasteiger partial charge in [-0.15, -0.1) is 0 Å². The van der Waals surface area contributed by atoms with E-state index in [2.05, 4.69) is 15.9 Å². The number of nitrogens with zero attached hydrogens (tertiary/aromatic N) is 1. The lowest BCUT2D eigenvalue weighted by atomic mass is 10.1. The van der Waals surface area contributed by atoms with Crippen LogP contribution >= 0.6 is 27.5 Å². The van der Waals surface area contributed by atoms with Gasteiger partial charge < -0.3 is 10.0 Å². The Morgan fingerprint density at radius 2 is 1.67 bits per heavy atom. The standard InChI is InChI=1S/C21H19BrClNO3/c1-24(2)16-6-3-14(21(23)12-16)4-7-18(26)13-19(27)8-5-15-11-17(25)9-10-20(15)22/h3-12,25H,13H2,1-2H3. The number of phenols is 1. The van der Waals surface area contributed by atoms with Gasteiger partial charge in [0.25, 0.3) is 0 Å². The minimum Gasteiger partial charge on any atom is -0.508 e. The third-order valence-electron chi connectivity index (χ3n) is 3.73. The molecule has 140 valence electrons. The van der Waals surface area contributed by atoms with Gasteiger partial charge in [-0.25, -0.2) is 0 Å². The predicted octanol–water partition coefficient (Wildman–Crippen LogP) is 5.13. The van der Waals surface area contributed by atoms with Gasteiger partial charge in [0, 0.05) is 29.3 Å². The van der Waals surface area contributed by atoms with Gasteiger partial charge in [-0.05, 0) is 59.7 Å². The molecule has 2 aromatic rings. The Hall–Kier alpha value is -2.37. The number of carbonyl (C=O) groups is 2. The SMILES string of the molecule is CN(C)c1ccc(C=CC(=O)CC(=O)C=Cc2cc(O)ccc2Br)c(Cl)c1. The molecule has 2 aromatic carbocycles. The zero-order valence-electron chi connectivity index (χ0n) is 14.9. The number of phenolic OH excluding ortho intramolecular Hbond substituents is 1. The average Bonchev–Trinajstić information content (AvgIpc) is 2.61. The third-order valence-corrected chi connectivity index (χ3v) is 4.78. The summed E-state index contributed by atoms with van der Waals surface area (Å²) in [7, 11) is 3.83. The number of benzene rings is 2. The van der Waals surface area contributed by atoms with Gasteiger partial charge in [-0.1, -0.05) is 39.7 Å². The van der Waals surface area contributed by atoms with Crippen molar-refractivity contribution >= 4 is 56.9 Å². The molecule has 27 heavy (non-hydrogen) atoms. The summed E-state index contributed by atoms with van der Waals surface area (Å²) < 4.78 is 0.742. The molecule has 0 heterocycles. The van der Waals surface area contributed by atoms with Gasteiger partial charge in [-0.2, -0.15) is 0 Å². The van der Waals surface area contributed by atoms with Crippen LogP contribution in [0, 0.1) is 0 Å². The second kappa shape index (κ2) is 9.53. The average molecular weight is 449 g/mol. The molecule has 6 heteroatoms. The fraction of sp³-hybridized carbons (Fsp3) is 0.143. The zero-order chi connectivity index (χ0) is 20.0. The number of carbonyl (C=O) groups excluding carboxylic acids is 2. The van der Waals surface area contributed by atoms with Gasteiger partial charge >= 0.3 is 0 Å². The van der Waals surface area contributed by atoms with E-state index < -0.39 is 0 Å². The Balaban J connectivity index is 1.98. The van der Waals surface area contributed by atoms with Gasteiger partial charge in [0.1, 0.15) is 5.75 Å². The minimum atomic E-state index is -0.325. The summed E-state index contributed by atoms with van der Waals surface area (Å²) >= 11 is 9.55. The molecule has 0 radical (unpaired) electrons. The molecule has 0 aliphatic carbocycles. The van der Waals surface area contributed by atoms with Crippen molar-refractivity contribution in [2.45, 2.75) is 6.42 Å². The molecule has 0 spiro atoms. The summed E-state index contributed by atoms with van der Waals surface area (Å²) in [6.07, 6.45) is 5.60. The second-order valence-electron chi connectivity index (χ2n) is 6.08. The first-order valence-corrected chi connectivity index (χ1v) is 9.30. The maximum Gasteiger partial charge on any atom is 0.163 e. The molecule has 0 aliphatic rings. The highest BCUT2D eigenvalue weighted by atomic mass is 79.9. The molecule has 2 rings (SSSR count). The van der Waals surface area contributed by atoms with Crippen molar-refractivity contribution in [3.05, 3.63) is 69.2 Å². The minimum absolute atomic E-state index is 0.0986. The first kappa shape index (κ1) is 20.9. The number of anilines is 1. The van der Waals surface area contributed by atoms with Crippen molar-refractivity contribution in [1.82, 2.24) is 0 Å². The van der Waals surface area contributed by atoms with E-state index in [1.54, 1.807) is 18.2 Å². The lowest BCUT2D eigenvalue weighted by Crippen LogP contribution is -2.08. The molecular weight excluding hydrogens is 430 g/mol. The third kappa shape index (κ3) is 6.38. The summed E-state index contributed by atoms with van der Waals surface area (Å²) in [5.74, 6) is -0.539. The number of allylic oxidation sites excluding steroid dienone is 2.